The van der Waals surface area contributed by atoms with Crippen LogP contribution in [0.1, 0.15) is 12.8 Å². The maximum absolute atomic E-state index is 2.39. The predicted octanol–water partition coefficient (Wildman–Crippen LogP) is 1.53. The molecule has 0 amide bonds. The SMILES string of the molecule is C1=c2ccccc2=C2CCSC2C1. The Balaban J connectivity index is 2.38. The molecule has 1 heteroatoms. The Labute approximate surface area is 82.4 Å². The molecule has 1 aromatic carbocycles. The number of rotatable bonds is 0. The summed E-state index contributed by atoms with van der Waals surface area (Å²) in [4.78, 5) is 0. The van der Waals surface area contributed by atoms with Crippen molar-refractivity contribution >= 4 is 23.4 Å². The lowest BCUT2D eigenvalue weighted by Crippen LogP contribution is -2.31. The highest BCUT2D eigenvalue weighted by Gasteiger charge is 2.22. The van der Waals surface area contributed by atoms with Crippen LogP contribution in [-0.2, 0) is 0 Å². The van der Waals surface area contributed by atoms with Crippen LogP contribution >= 0.6 is 11.8 Å². The Hall–Kier alpha value is -0.690. The quantitative estimate of drug-likeness (QED) is 0.595. The van der Waals surface area contributed by atoms with Gasteiger partial charge in [0, 0.05) is 5.25 Å². The van der Waals surface area contributed by atoms with Crippen LogP contribution in [0.2, 0.25) is 0 Å². The molecule has 0 saturated carbocycles. The van der Waals surface area contributed by atoms with Crippen LogP contribution in [0.4, 0.5) is 0 Å². The first-order valence-corrected chi connectivity index (χ1v) is 5.90. The van der Waals surface area contributed by atoms with E-state index in [1.807, 2.05) is 0 Å². The first-order chi connectivity index (χ1) is 6.45. The highest BCUT2D eigenvalue weighted by atomic mass is 32.2. The molecule has 1 aliphatic heterocycles. The van der Waals surface area contributed by atoms with Crippen molar-refractivity contribution in [1.29, 1.82) is 0 Å². The fourth-order valence-electron chi connectivity index (χ4n) is 2.29. The van der Waals surface area contributed by atoms with Crippen LogP contribution in [0, 0.1) is 0 Å². The van der Waals surface area contributed by atoms with Gasteiger partial charge in [-0.2, -0.15) is 11.8 Å². The number of thioether (sulfide) groups is 1. The van der Waals surface area contributed by atoms with Crippen molar-refractivity contribution in [2.75, 3.05) is 5.75 Å². The first-order valence-electron chi connectivity index (χ1n) is 4.85. The fraction of sp³-hybridized carbons (Fsp3) is 0.333. The molecule has 1 heterocycles. The second-order valence-electron chi connectivity index (χ2n) is 3.66. The van der Waals surface area contributed by atoms with E-state index in [-0.39, 0.29) is 0 Å². The Bertz CT molecular complexity index is 444. The zero-order chi connectivity index (χ0) is 8.67. The lowest BCUT2D eigenvalue weighted by molar-refractivity contribution is 1.07. The molecule has 13 heavy (non-hydrogen) atoms. The van der Waals surface area contributed by atoms with Crippen LogP contribution < -0.4 is 10.4 Å². The van der Waals surface area contributed by atoms with Crippen LogP contribution in [0.3, 0.4) is 0 Å². The molecule has 0 spiro atoms. The minimum Gasteiger partial charge on any atom is -0.153 e. The van der Waals surface area contributed by atoms with Gasteiger partial charge in [-0.1, -0.05) is 30.3 Å². The third-order valence-electron chi connectivity index (χ3n) is 2.94. The summed E-state index contributed by atoms with van der Waals surface area (Å²) in [6.07, 6.45) is 4.94. The van der Waals surface area contributed by atoms with E-state index in [1.165, 1.54) is 29.0 Å². The van der Waals surface area contributed by atoms with E-state index in [0.717, 1.165) is 5.25 Å². The smallest absolute Gasteiger partial charge is 0.0300 e. The molecule has 2 aliphatic rings. The maximum Gasteiger partial charge on any atom is 0.0300 e. The van der Waals surface area contributed by atoms with Crippen LogP contribution in [0.25, 0.3) is 11.6 Å². The van der Waals surface area contributed by atoms with Gasteiger partial charge < -0.3 is 0 Å². The van der Waals surface area contributed by atoms with Gasteiger partial charge in [0.15, 0.2) is 0 Å². The van der Waals surface area contributed by atoms with Gasteiger partial charge in [-0.3, -0.25) is 0 Å². The molecule has 1 aromatic rings. The van der Waals surface area contributed by atoms with Crippen molar-refractivity contribution < 1.29 is 0 Å². The molecule has 0 nitrogen and oxygen atoms in total. The number of hydrogen-bond acceptors (Lipinski definition) is 1. The Morgan fingerprint density at radius 2 is 2.15 bits per heavy atom. The highest BCUT2D eigenvalue weighted by molar-refractivity contribution is 8.00. The first kappa shape index (κ1) is 7.69. The maximum atomic E-state index is 2.39. The average Bonchev–Trinajstić information content (AvgIpc) is 2.65. The van der Waals surface area contributed by atoms with Crippen LogP contribution in [-0.4, -0.2) is 11.0 Å². The molecule has 0 N–H and O–H groups in total. The predicted molar refractivity (Wildman–Crippen MR) is 59.0 cm³/mol. The molecule has 1 unspecified atom stereocenters. The van der Waals surface area contributed by atoms with Gasteiger partial charge in [0.25, 0.3) is 0 Å². The lowest BCUT2D eigenvalue weighted by atomic mass is 9.98. The normalized spacial score (nSPS) is 24.9. The largest absolute Gasteiger partial charge is 0.153 e. The Morgan fingerprint density at radius 1 is 1.23 bits per heavy atom. The Kier molecular flexibility index (Phi) is 1.72. The van der Waals surface area contributed by atoms with Gasteiger partial charge in [-0.15, -0.1) is 0 Å². The van der Waals surface area contributed by atoms with Crippen LogP contribution in [0.5, 0.6) is 0 Å². The zero-order valence-electron chi connectivity index (χ0n) is 7.49. The summed E-state index contributed by atoms with van der Waals surface area (Å²) in [6.45, 7) is 0. The molecule has 0 bridgehead atoms. The number of hydrogen-bond donors (Lipinski definition) is 0. The molecule has 1 atom stereocenters. The van der Waals surface area contributed by atoms with Gasteiger partial charge >= 0.3 is 0 Å². The summed E-state index contributed by atoms with van der Waals surface area (Å²) in [5.41, 5.74) is 1.70. The van der Waals surface area contributed by atoms with E-state index in [4.69, 9.17) is 0 Å². The minimum absolute atomic E-state index is 0.801. The summed E-state index contributed by atoms with van der Waals surface area (Å²) in [6, 6.07) is 8.81. The van der Waals surface area contributed by atoms with Gasteiger partial charge in [-0.05, 0) is 34.6 Å². The van der Waals surface area contributed by atoms with E-state index in [9.17, 15) is 0 Å². The molecular formula is C12H12S. The molecule has 1 aliphatic carbocycles. The van der Waals surface area contributed by atoms with E-state index >= 15 is 0 Å². The van der Waals surface area contributed by atoms with Gasteiger partial charge in [-0.25, -0.2) is 0 Å². The molecule has 1 saturated heterocycles. The van der Waals surface area contributed by atoms with Crippen LogP contribution in [0.15, 0.2) is 24.3 Å². The summed E-state index contributed by atoms with van der Waals surface area (Å²) in [5.74, 6) is 1.32. The summed E-state index contributed by atoms with van der Waals surface area (Å²) in [7, 11) is 0. The monoisotopic (exact) mass is 188 g/mol. The molecule has 0 radical (unpaired) electrons. The minimum atomic E-state index is 0.801. The third kappa shape index (κ3) is 1.14. The van der Waals surface area contributed by atoms with Crippen molar-refractivity contribution in [1.82, 2.24) is 0 Å². The average molecular weight is 188 g/mol. The van der Waals surface area contributed by atoms with E-state index in [2.05, 4.69) is 42.1 Å². The van der Waals surface area contributed by atoms with Crippen molar-refractivity contribution in [2.24, 2.45) is 0 Å². The molecule has 0 aromatic heterocycles. The lowest BCUT2D eigenvalue weighted by Gasteiger charge is -2.13. The summed E-state index contributed by atoms with van der Waals surface area (Å²) >= 11 is 2.12. The second-order valence-corrected chi connectivity index (χ2v) is 4.97. The summed E-state index contributed by atoms with van der Waals surface area (Å²) in [5, 5.41) is 3.77. The zero-order valence-corrected chi connectivity index (χ0v) is 8.31. The van der Waals surface area contributed by atoms with E-state index in [0.29, 0.717) is 0 Å². The topological polar surface area (TPSA) is 0 Å². The number of benzene rings is 1. The molecule has 3 rings (SSSR count). The molecular weight excluding hydrogens is 176 g/mol. The third-order valence-corrected chi connectivity index (χ3v) is 4.26. The second kappa shape index (κ2) is 2.91. The van der Waals surface area contributed by atoms with Gasteiger partial charge in [0.2, 0.25) is 0 Å². The van der Waals surface area contributed by atoms with Crippen molar-refractivity contribution in [3.05, 3.63) is 34.7 Å². The molecule has 1 fully saturated rings. The summed E-state index contributed by atoms with van der Waals surface area (Å²) < 4.78 is 0. The van der Waals surface area contributed by atoms with Gasteiger partial charge in [0.05, 0.1) is 0 Å². The standard InChI is InChI=1S/C12H12S/c1-2-4-10-9(3-1)5-6-12-11(10)7-8-13-12/h1-5,12H,6-8H2. The fourth-order valence-corrected chi connectivity index (χ4v) is 3.59. The van der Waals surface area contributed by atoms with Crippen molar-refractivity contribution in [3.63, 3.8) is 0 Å². The van der Waals surface area contributed by atoms with Gasteiger partial charge in [0.1, 0.15) is 0 Å². The van der Waals surface area contributed by atoms with Crippen molar-refractivity contribution in [2.45, 2.75) is 18.1 Å². The van der Waals surface area contributed by atoms with Crippen molar-refractivity contribution in [3.8, 4) is 0 Å². The Morgan fingerprint density at radius 3 is 3.15 bits per heavy atom. The van der Waals surface area contributed by atoms with E-state index in [1.54, 1.807) is 5.57 Å². The highest BCUT2D eigenvalue weighted by Crippen LogP contribution is 2.35. The molecule has 66 valence electrons. The number of fused-ring (bicyclic) bond motifs is 2. The van der Waals surface area contributed by atoms with E-state index < -0.39 is 0 Å².